The number of nitrogens with one attached hydrogen (secondary N) is 1. The van der Waals surface area contributed by atoms with Crippen LogP contribution in [0.5, 0.6) is 0 Å². The van der Waals surface area contributed by atoms with E-state index in [1.807, 2.05) is 10.7 Å². The number of aromatic nitrogens is 3. The van der Waals surface area contributed by atoms with Crippen molar-refractivity contribution in [2.75, 3.05) is 25.1 Å². The van der Waals surface area contributed by atoms with Crippen LogP contribution in [0.25, 0.3) is 5.52 Å². The molecule has 2 aromatic heterocycles. The zero-order valence-corrected chi connectivity index (χ0v) is 13.1. The highest BCUT2D eigenvalue weighted by molar-refractivity contribution is 5.68. The number of rotatable bonds is 3. The van der Waals surface area contributed by atoms with Crippen LogP contribution >= 0.6 is 0 Å². The fraction of sp³-hybridized carbons (Fsp3) is 0.625. The predicted molar refractivity (Wildman–Crippen MR) is 83.7 cm³/mol. The largest absolute Gasteiger partial charge is 0.381 e. The summed E-state index contributed by atoms with van der Waals surface area (Å²) >= 11 is 0. The van der Waals surface area contributed by atoms with E-state index in [1.54, 1.807) is 6.20 Å². The van der Waals surface area contributed by atoms with Gasteiger partial charge in [-0.05, 0) is 24.8 Å². The molecule has 0 aromatic carbocycles. The summed E-state index contributed by atoms with van der Waals surface area (Å²) in [5.74, 6) is 1.48. The summed E-state index contributed by atoms with van der Waals surface area (Å²) in [4.78, 5) is 4.47. The summed E-state index contributed by atoms with van der Waals surface area (Å²) in [7, 11) is 0. The summed E-state index contributed by atoms with van der Waals surface area (Å²) in [5.41, 5.74) is 2.17. The molecule has 3 heterocycles. The fourth-order valence-electron chi connectivity index (χ4n) is 2.63. The van der Waals surface area contributed by atoms with Gasteiger partial charge in [0, 0.05) is 31.0 Å². The number of hydrogen-bond donors (Lipinski definition) is 1. The zero-order chi connectivity index (χ0) is 14.9. The predicted octanol–water partition coefficient (Wildman–Crippen LogP) is 2.87. The molecule has 1 unspecified atom stereocenters. The van der Waals surface area contributed by atoms with E-state index in [9.17, 15) is 0 Å². The SMILES string of the molecule is CC(C)(C)c1cc2c(NCC3CCCOC3)nccn2n1. The first-order chi connectivity index (χ1) is 10.0. The summed E-state index contributed by atoms with van der Waals surface area (Å²) in [6.07, 6.45) is 6.08. The van der Waals surface area contributed by atoms with E-state index < -0.39 is 0 Å². The van der Waals surface area contributed by atoms with Crippen LogP contribution in [-0.4, -0.2) is 34.4 Å². The van der Waals surface area contributed by atoms with Crippen LogP contribution in [0.1, 0.15) is 39.3 Å². The molecule has 0 saturated carbocycles. The molecule has 21 heavy (non-hydrogen) atoms. The second kappa shape index (κ2) is 5.64. The Morgan fingerprint density at radius 3 is 3.00 bits per heavy atom. The second-order valence-electron chi connectivity index (χ2n) is 6.85. The maximum Gasteiger partial charge on any atom is 0.152 e. The molecule has 0 radical (unpaired) electrons. The van der Waals surface area contributed by atoms with Gasteiger partial charge in [0.05, 0.1) is 12.3 Å². The molecule has 1 aliphatic rings. The molecule has 0 aliphatic carbocycles. The number of nitrogens with zero attached hydrogens (tertiary/aromatic N) is 3. The van der Waals surface area contributed by atoms with Crippen molar-refractivity contribution in [2.45, 2.75) is 39.0 Å². The first-order valence-corrected chi connectivity index (χ1v) is 7.70. The van der Waals surface area contributed by atoms with Crippen molar-refractivity contribution in [1.29, 1.82) is 0 Å². The van der Waals surface area contributed by atoms with Gasteiger partial charge in [-0.3, -0.25) is 0 Å². The van der Waals surface area contributed by atoms with Gasteiger partial charge in [-0.2, -0.15) is 5.10 Å². The molecule has 2 aromatic rings. The van der Waals surface area contributed by atoms with Crippen LogP contribution in [0.15, 0.2) is 18.5 Å². The monoisotopic (exact) mass is 288 g/mol. The minimum absolute atomic E-state index is 0.0422. The number of hydrogen-bond acceptors (Lipinski definition) is 4. The summed E-state index contributed by atoms with van der Waals surface area (Å²) in [5, 5.41) is 8.12. The molecule has 1 saturated heterocycles. The number of ether oxygens (including phenoxy) is 1. The quantitative estimate of drug-likeness (QED) is 0.943. The Hall–Kier alpha value is -1.62. The van der Waals surface area contributed by atoms with Gasteiger partial charge in [-0.15, -0.1) is 0 Å². The standard InChI is InChI=1S/C16H24N4O/c1-16(2,3)14-9-13-15(17-6-7-20(13)19-14)18-10-12-5-4-8-21-11-12/h6-7,9,12H,4-5,8,10-11H2,1-3H3,(H,17,18). The van der Waals surface area contributed by atoms with Gasteiger partial charge in [0.15, 0.2) is 5.82 Å². The average Bonchev–Trinajstić information content (AvgIpc) is 2.91. The Bertz CT molecular complexity index is 608. The van der Waals surface area contributed by atoms with Crippen molar-refractivity contribution in [3.63, 3.8) is 0 Å². The lowest BCUT2D eigenvalue weighted by Crippen LogP contribution is -2.24. The summed E-state index contributed by atoms with van der Waals surface area (Å²) in [6, 6.07) is 2.13. The molecule has 1 fully saturated rings. The highest BCUT2D eigenvalue weighted by Gasteiger charge is 2.19. The van der Waals surface area contributed by atoms with Gasteiger partial charge in [0.2, 0.25) is 0 Å². The van der Waals surface area contributed by atoms with Crippen molar-refractivity contribution in [1.82, 2.24) is 14.6 Å². The molecular formula is C16H24N4O. The molecule has 3 rings (SSSR count). The lowest BCUT2D eigenvalue weighted by Gasteiger charge is -2.22. The van der Waals surface area contributed by atoms with Crippen molar-refractivity contribution >= 4 is 11.3 Å². The topological polar surface area (TPSA) is 51.5 Å². The highest BCUT2D eigenvalue weighted by Crippen LogP contribution is 2.25. The fourth-order valence-corrected chi connectivity index (χ4v) is 2.63. The minimum atomic E-state index is 0.0422. The molecule has 1 atom stereocenters. The van der Waals surface area contributed by atoms with Gasteiger partial charge < -0.3 is 10.1 Å². The number of fused-ring (bicyclic) bond motifs is 1. The van der Waals surface area contributed by atoms with Gasteiger partial charge in [-0.25, -0.2) is 9.50 Å². The average molecular weight is 288 g/mol. The Labute approximate surface area is 125 Å². The molecule has 0 spiro atoms. The molecular weight excluding hydrogens is 264 g/mol. The van der Waals surface area contributed by atoms with E-state index in [4.69, 9.17) is 4.74 Å². The van der Waals surface area contributed by atoms with E-state index in [-0.39, 0.29) is 5.41 Å². The van der Waals surface area contributed by atoms with Gasteiger partial charge in [0.25, 0.3) is 0 Å². The van der Waals surface area contributed by atoms with Crippen LogP contribution in [0, 0.1) is 5.92 Å². The van der Waals surface area contributed by atoms with Crippen molar-refractivity contribution in [2.24, 2.45) is 5.92 Å². The molecule has 5 nitrogen and oxygen atoms in total. The zero-order valence-electron chi connectivity index (χ0n) is 13.1. The molecule has 1 aliphatic heterocycles. The third-order valence-corrected chi connectivity index (χ3v) is 3.97. The van der Waals surface area contributed by atoms with E-state index in [2.05, 4.69) is 42.2 Å². The third kappa shape index (κ3) is 3.18. The van der Waals surface area contributed by atoms with Crippen molar-refractivity contribution in [3.05, 3.63) is 24.2 Å². The Morgan fingerprint density at radius 2 is 2.29 bits per heavy atom. The molecule has 0 amide bonds. The molecule has 1 N–H and O–H groups in total. The van der Waals surface area contributed by atoms with E-state index in [1.165, 1.54) is 6.42 Å². The lowest BCUT2D eigenvalue weighted by atomic mass is 9.92. The van der Waals surface area contributed by atoms with Crippen LogP contribution in [0.3, 0.4) is 0 Å². The summed E-state index contributed by atoms with van der Waals surface area (Å²) < 4.78 is 7.44. The smallest absolute Gasteiger partial charge is 0.152 e. The molecule has 114 valence electrons. The third-order valence-electron chi connectivity index (χ3n) is 3.97. The lowest BCUT2D eigenvalue weighted by molar-refractivity contribution is 0.0595. The van der Waals surface area contributed by atoms with Crippen LogP contribution in [-0.2, 0) is 10.2 Å². The van der Waals surface area contributed by atoms with Gasteiger partial charge >= 0.3 is 0 Å². The first kappa shape index (κ1) is 14.3. The van der Waals surface area contributed by atoms with Gasteiger partial charge in [-0.1, -0.05) is 20.8 Å². The first-order valence-electron chi connectivity index (χ1n) is 7.70. The maximum absolute atomic E-state index is 5.53. The highest BCUT2D eigenvalue weighted by atomic mass is 16.5. The molecule has 0 bridgehead atoms. The van der Waals surface area contributed by atoms with E-state index >= 15 is 0 Å². The summed E-state index contributed by atoms with van der Waals surface area (Å²) in [6.45, 7) is 9.19. The maximum atomic E-state index is 5.53. The minimum Gasteiger partial charge on any atom is -0.381 e. The van der Waals surface area contributed by atoms with Crippen molar-refractivity contribution in [3.8, 4) is 0 Å². The normalized spacial score (nSPS) is 19.9. The van der Waals surface area contributed by atoms with Crippen LogP contribution < -0.4 is 5.32 Å². The Morgan fingerprint density at radius 1 is 1.43 bits per heavy atom. The van der Waals surface area contributed by atoms with Gasteiger partial charge in [0.1, 0.15) is 5.52 Å². The van der Waals surface area contributed by atoms with Crippen LogP contribution in [0.2, 0.25) is 0 Å². The van der Waals surface area contributed by atoms with Crippen LogP contribution in [0.4, 0.5) is 5.82 Å². The molecule has 5 heteroatoms. The van der Waals surface area contributed by atoms with E-state index in [0.717, 1.165) is 43.2 Å². The Balaban J connectivity index is 1.79. The number of anilines is 1. The second-order valence-corrected chi connectivity index (χ2v) is 6.85. The Kier molecular flexibility index (Phi) is 3.85. The van der Waals surface area contributed by atoms with E-state index in [0.29, 0.717) is 5.92 Å². The van der Waals surface area contributed by atoms with Crippen molar-refractivity contribution < 1.29 is 4.74 Å².